The van der Waals surface area contributed by atoms with Crippen LogP contribution in [0.15, 0.2) is 18.3 Å². The third-order valence-corrected chi connectivity index (χ3v) is 4.45. The number of nitrogens with zero attached hydrogens (tertiary/aromatic N) is 2. The molecule has 0 aromatic carbocycles. The minimum absolute atomic E-state index is 0.0174. The van der Waals surface area contributed by atoms with Crippen LogP contribution in [-0.4, -0.2) is 35.7 Å². The fourth-order valence-electron chi connectivity index (χ4n) is 3.28. The van der Waals surface area contributed by atoms with Crippen LogP contribution in [-0.2, 0) is 11.3 Å². The number of nitrogens with one attached hydrogen (secondary N) is 1. The lowest BCUT2D eigenvalue weighted by molar-refractivity contribution is -0.119. The Hall–Kier alpha value is -1.62. The molecular formula is C17H27N3O2. The molecule has 22 heavy (non-hydrogen) atoms. The predicted octanol–water partition coefficient (Wildman–Crippen LogP) is 2.10. The Bertz CT molecular complexity index is 485. The van der Waals surface area contributed by atoms with Gasteiger partial charge in [-0.3, -0.25) is 4.79 Å². The fraction of sp³-hybridized carbons (Fsp3) is 0.647. The molecule has 1 saturated heterocycles. The third-order valence-electron chi connectivity index (χ3n) is 4.45. The molecule has 0 unspecified atom stereocenters. The fourth-order valence-corrected chi connectivity index (χ4v) is 3.28. The molecule has 1 amide bonds. The van der Waals surface area contributed by atoms with Crippen molar-refractivity contribution in [1.82, 2.24) is 10.3 Å². The topological polar surface area (TPSA) is 65.5 Å². The summed E-state index contributed by atoms with van der Waals surface area (Å²) in [6.07, 6.45) is 6.16. The number of carbonyl (C=O) groups excluding carboxylic acids is 1. The highest BCUT2D eigenvalue weighted by Crippen LogP contribution is 2.35. The Morgan fingerprint density at radius 2 is 2.32 bits per heavy atom. The number of pyridine rings is 1. The van der Waals surface area contributed by atoms with Crippen molar-refractivity contribution < 1.29 is 9.90 Å². The van der Waals surface area contributed by atoms with Crippen LogP contribution < -0.4 is 10.2 Å². The van der Waals surface area contributed by atoms with Gasteiger partial charge in [-0.1, -0.05) is 19.4 Å². The zero-order valence-electron chi connectivity index (χ0n) is 13.6. The second kappa shape index (κ2) is 7.58. The summed E-state index contributed by atoms with van der Waals surface area (Å²) in [5, 5.41) is 12.6. The van der Waals surface area contributed by atoms with E-state index in [4.69, 9.17) is 0 Å². The average molecular weight is 305 g/mol. The highest BCUT2D eigenvalue weighted by atomic mass is 16.3. The Kier molecular flexibility index (Phi) is 5.77. The molecular weight excluding hydrogens is 278 g/mol. The summed E-state index contributed by atoms with van der Waals surface area (Å²) in [5.41, 5.74) is 1.02. The monoisotopic (exact) mass is 305 g/mol. The molecule has 5 nitrogen and oxygen atoms in total. The Labute approximate surface area is 132 Å². The first kappa shape index (κ1) is 16.7. The van der Waals surface area contributed by atoms with Crippen LogP contribution in [0, 0.1) is 5.41 Å². The van der Waals surface area contributed by atoms with Crippen molar-refractivity contribution in [2.45, 2.75) is 46.1 Å². The van der Waals surface area contributed by atoms with Gasteiger partial charge in [-0.25, -0.2) is 4.98 Å². The van der Waals surface area contributed by atoms with Crippen molar-refractivity contribution in [2.24, 2.45) is 5.41 Å². The lowest BCUT2D eigenvalue weighted by Crippen LogP contribution is -2.45. The van der Waals surface area contributed by atoms with Gasteiger partial charge in [-0.05, 0) is 30.9 Å². The SMILES string of the molecule is CCC[C@@]1(CO)CCCN(c2ccc(CNC(C)=O)cn2)C1. The molecule has 1 aliphatic rings. The molecule has 1 aromatic heterocycles. The van der Waals surface area contributed by atoms with Crippen molar-refractivity contribution >= 4 is 11.7 Å². The van der Waals surface area contributed by atoms with Gasteiger partial charge in [0.2, 0.25) is 5.91 Å². The van der Waals surface area contributed by atoms with Crippen LogP contribution >= 0.6 is 0 Å². The van der Waals surface area contributed by atoms with Gasteiger partial charge < -0.3 is 15.3 Å². The maximum atomic E-state index is 10.9. The van der Waals surface area contributed by atoms with Crippen LogP contribution in [0.3, 0.4) is 0 Å². The predicted molar refractivity (Wildman–Crippen MR) is 87.6 cm³/mol. The molecule has 0 spiro atoms. The molecule has 2 N–H and O–H groups in total. The van der Waals surface area contributed by atoms with Gasteiger partial charge in [0.05, 0.1) is 6.61 Å². The normalized spacial score (nSPS) is 21.7. The van der Waals surface area contributed by atoms with Crippen molar-refractivity contribution in [3.05, 3.63) is 23.9 Å². The van der Waals surface area contributed by atoms with Crippen molar-refractivity contribution in [3.8, 4) is 0 Å². The first-order valence-electron chi connectivity index (χ1n) is 8.14. The summed E-state index contributed by atoms with van der Waals surface area (Å²) in [7, 11) is 0. The van der Waals surface area contributed by atoms with Crippen molar-refractivity contribution in [3.63, 3.8) is 0 Å². The van der Waals surface area contributed by atoms with E-state index in [0.29, 0.717) is 6.54 Å². The van der Waals surface area contributed by atoms with Gasteiger partial charge in [0.15, 0.2) is 0 Å². The zero-order valence-corrected chi connectivity index (χ0v) is 13.6. The molecule has 0 radical (unpaired) electrons. The molecule has 2 rings (SSSR count). The molecule has 1 atom stereocenters. The van der Waals surface area contributed by atoms with E-state index in [1.54, 1.807) is 0 Å². The number of hydrogen-bond donors (Lipinski definition) is 2. The molecule has 0 aliphatic carbocycles. The van der Waals surface area contributed by atoms with E-state index in [9.17, 15) is 9.90 Å². The van der Waals surface area contributed by atoms with Gasteiger partial charge >= 0.3 is 0 Å². The van der Waals surface area contributed by atoms with E-state index in [-0.39, 0.29) is 17.9 Å². The van der Waals surface area contributed by atoms with Crippen molar-refractivity contribution in [1.29, 1.82) is 0 Å². The molecule has 1 aliphatic heterocycles. The maximum Gasteiger partial charge on any atom is 0.217 e. The van der Waals surface area contributed by atoms with E-state index in [0.717, 1.165) is 50.2 Å². The summed E-state index contributed by atoms with van der Waals surface area (Å²) < 4.78 is 0. The minimum Gasteiger partial charge on any atom is -0.396 e. The quantitative estimate of drug-likeness (QED) is 0.845. The number of aromatic nitrogens is 1. The number of anilines is 1. The van der Waals surface area contributed by atoms with Crippen LogP contribution in [0.1, 0.15) is 45.1 Å². The highest BCUT2D eigenvalue weighted by Gasteiger charge is 2.34. The number of hydrogen-bond acceptors (Lipinski definition) is 4. The number of aliphatic hydroxyl groups is 1. The molecule has 0 bridgehead atoms. The van der Waals surface area contributed by atoms with E-state index in [2.05, 4.69) is 22.1 Å². The summed E-state index contributed by atoms with van der Waals surface area (Å²) >= 11 is 0. The zero-order chi connectivity index (χ0) is 16.0. The van der Waals surface area contributed by atoms with Gasteiger partial charge in [0.25, 0.3) is 0 Å². The van der Waals surface area contributed by atoms with E-state index < -0.39 is 0 Å². The number of rotatable bonds is 6. The number of amides is 1. The first-order valence-corrected chi connectivity index (χ1v) is 8.14. The van der Waals surface area contributed by atoms with Crippen LogP contribution in [0.25, 0.3) is 0 Å². The van der Waals surface area contributed by atoms with Crippen LogP contribution in [0.2, 0.25) is 0 Å². The van der Waals surface area contributed by atoms with Crippen molar-refractivity contribution in [2.75, 3.05) is 24.6 Å². The van der Waals surface area contributed by atoms with E-state index >= 15 is 0 Å². The van der Waals surface area contributed by atoms with Gasteiger partial charge in [0, 0.05) is 38.2 Å². The maximum absolute atomic E-state index is 10.9. The smallest absolute Gasteiger partial charge is 0.217 e. The molecule has 122 valence electrons. The van der Waals surface area contributed by atoms with Crippen LogP contribution in [0.5, 0.6) is 0 Å². The largest absolute Gasteiger partial charge is 0.396 e. The van der Waals surface area contributed by atoms with E-state index in [1.165, 1.54) is 6.92 Å². The lowest BCUT2D eigenvalue weighted by atomic mass is 9.77. The number of piperidine rings is 1. The van der Waals surface area contributed by atoms with E-state index in [1.807, 2.05) is 18.3 Å². The number of aliphatic hydroxyl groups excluding tert-OH is 1. The Morgan fingerprint density at radius 3 is 2.91 bits per heavy atom. The average Bonchev–Trinajstić information content (AvgIpc) is 2.54. The van der Waals surface area contributed by atoms with Gasteiger partial charge in [0.1, 0.15) is 5.82 Å². The van der Waals surface area contributed by atoms with Gasteiger partial charge in [-0.2, -0.15) is 0 Å². The third kappa shape index (κ3) is 4.19. The first-order chi connectivity index (χ1) is 10.6. The summed E-state index contributed by atoms with van der Waals surface area (Å²) in [6, 6.07) is 4.02. The molecule has 5 heteroatoms. The van der Waals surface area contributed by atoms with Gasteiger partial charge in [-0.15, -0.1) is 0 Å². The lowest BCUT2D eigenvalue weighted by Gasteiger charge is -2.42. The molecule has 1 fully saturated rings. The standard InChI is InChI=1S/C17H27N3O2/c1-3-7-17(13-21)8-4-9-20(12-17)16-6-5-15(11-19-16)10-18-14(2)22/h5-6,11,21H,3-4,7-10,12-13H2,1-2H3,(H,18,22)/t17-/m1/s1. The summed E-state index contributed by atoms with van der Waals surface area (Å²) in [5.74, 6) is 0.924. The molecule has 0 saturated carbocycles. The Balaban J connectivity index is 2.02. The highest BCUT2D eigenvalue weighted by molar-refractivity contribution is 5.72. The number of carbonyl (C=O) groups is 1. The second-order valence-electron chi connectivity index (χ2n) is 6.37. The van der Waals surface area contributed by atoms with Crippen LogP contribution in [0.4, 0.5) is 5.82 Å². The Morgan fingerprint density at radius 1 is 1.50 bits per heavy atom. The molecule has 1 aromatic rings. The summed E-state index contributed by atoms with van der Waals surface area (Å²) in [4.78, 5) is 17.7. The second-order valence-corrected chi connectivity index (χ2v) is 6.37. The minimum atomic E-state index is -0.0348. The summed E-state index contributed by atoms with van der Waals surface area (Å²) in [6.45, 7) is 6.30. The molecule has 2 heterocycles.